The van der Waals surface area contributed by atoms with Gasteiger partial charge in [0.05, 0.1) is 19.9 Å². The van der Waals surface area contributed by atoms with Crippen molar-refractivity contribution in [2.24, 2.45) is 0 Å². The van der Waals surface area contributed by atoms with Gasteiger partial charge in [-0.2, -0.15) is 0 Å². The standard InChI is InChI=1S/C9H9ClFNO3/c1-4-6(11)8(14-2)5(10)7(12-4)9(13)15-3/h1-3H3. The molecule has 0 amide bonds. The number of rotatable bonds is 2. The predicted molar refractivity (Wildman–Crippen MR) is 51.8 cm³/mol. The number of carbonyl (C=O) groups is 1. The minimum atomic E-state index is -0.735. The highest BCUT2D eigenvalue weighted by molar-refractivity contribution is 6.34. The smallest absolute Gasteiger partial charge is 0.358 e. The summed E-state index contributed by atoms with van der Waals surface area (Å²) in [5.41, 5.74) is -0.133. The van der Waals surface area contributed by atoms with E-state index in [-0.39, 0.29) is 22.2 Å². The van der Waals surface area contributed by atoms with E-state index in [1.54, 1.807) is 0 Å². The summed E-state index contributed by atoms with van der Waals surface area (Å²) in [5, 5.41) is -0.188. The number of nitrogens with zero attached hydrogens (tertiary/aromatic N) is 1. The van der Waals surface area contributed by atoms with Gasteiger partial charge in [-0.05, 0) is 6.92 Å². The lowest BCUT2D eigenvalue weighted by molar-refractivity contribution is 0.0593. The van der Waals surface area contributed by atoms with Gasteiger partial charge < -0.3 is 9.47 Å². The van der Waals surface area contributed by atoms with Crippen LogP contribution in [0.5, 0.6) is 5.75 Å². The lowest BCUT2D eigenvalue weighted by Gasteiger charge is -2.09. The molecule has 1 rings (SSSR count). The van der Waals surface area contributed by atoms with Gasteiger partial charge in [0.25, 0.3) is 0 Å². The molecule has 82 valence electrons. The van der Waals surface area contributed by atoms with Crippen LogP contribution in [0.15, 0.2) is 0 Å². The Morgan fingerprint density at radius 1 is 1.47 bits per heavy atom. The third-order valence-electron chi connectivity index (χ3n) is 1.79. The highest BCUT2D eigenvalue weighted by Crippen LogP contribution is 2.31. The van der Waals surface area contributed by atoms with Crippen LogP contribution in [0.2, 0.25) is 5.02 Å². The van der Waals surface area contributed by atoms with Crippen LogP contribution in [0.4, 0.5) is 4.39 Å². The SMILES string of the molecule is COC(=O)c1nc(C)c(F)c(OC)c1Cl. The van der Waals surface area contributed by atoms with Crippen molar-refractivity contribution in [1.82, 2.24) is 4.98 Å². The molecule has 6 heteroatoms. The molecule has 4 nitrogen and oxygen atoms in total. The molecule has 0 saturated heterocycles. The second-order valence-electron chi connectivity index (χ2n) is 2.70. The number of esters is 1. The van der Waals surface area contributed by atoms with Crippen molar-refractivity contribution in [1.29, 1.82) is 0 Å². The number of pyridine rings is 1. The summed E-state index contributed by atoms with van der Waals surface area (Å²) in [4.78, 5) is 14.9. The Hall–Kier alpha value is -1.36. The second kappa shape index (κ2) is 4.44. The molecule has 0 bridgehead atoms. The first-order valence-corrected chi connectivity index (χ1v) is 4.38. The van der Waals surface area contributed by atoms with E-state index in [0.717, 1.165) is 0 Å². The normalized spacial score (nSPS) is 9.93. The Kier molecular flexibility index (Phi) is 3.47. The molecule has 0 atom stereocenters. The van der Waals surface area contributed by atoms with E-state index in [4.69, 9.17) is 16.3 Å². The Balaban J connectivity index is 3.43. The van der Waals surface area contributed by atoms with Crippen molar-refractivity contribution in [3.05, 3.63) is 22.2 Å². The maximum atomic E-state index is 13.4. The lowest BCUT2D eigenvalue weighted by atomic mass is 10.2. The van der Waals surface area contributed by atoms with Crippen LogP contribution >= 0.6 is 11.6 Å². The largest absolute Gasteiger partial charge is 0.492 e. The summed E-state index contributed by atoms with van der Waals surface area (Å²) < 4.78 is 22.6. The van der Waals surface area contributed by atoms with Crippen LogP contribution < -0.4 is 4.74 Å². The molecular formula is C9H9ClFNO3. The molecule has 0 aliphatic carbocycles. The van der Waals surface area contributed by atoms with Gasteiger partial charge in [0.1, 0.15) is 5.02 Å². The first-order chi connectivity index (χ1) is 7.02. The molecule has 0 radical (unpaired) electrons. The van der Waals surface area contributed by atoms with Crippen molar-refractivity contribution in [3.63, 3.8) is 0 Å². The quantitative estimate of drug-likeness (QED) is 0.733. The van der Waals surface area contributed by atoms with Gasteiger partial charge in [0.15, 0.2) is 17.3 Å². The third-order valence-corrected chi connectivity index (χ3v) is 2.14. The molecule has 1 aromatic heterocycles. The number of carbonyl (C=O) groups excluding carboxylic acids is 1. The lowest BCUT2D eigenvalue weighted by Crippen LogP contribution is -2.09. The van der Waals surface area contributed by atoms with Gasteiger partial charge in [-0.1, -0.05) is 11.6 Å². The number of aromatic nitrogens is 1. The number of ether oxygens (including phenoxy) is 2. The van der Waals surface area contributed by atoms with E-state index in [0.29, 0.717) is 0 Å². The summed E-state index contributed by atoms with van der Waals surface area (Å²) in [5.74, 6) is -1.62. The van der Waals surface area contributed by atoms with Crippen LogP contribution in [0.25, 0.3) is 0 Å². The Labute approximate surface area is 91.0 Å². The van der Waals surface area contributed by atoms with Crippen LogP contribution in [0, 0.1) is 12.7 Å². The van der Waals surface area contributed by atoms with Crippen LogP contribution in [-0.2, 0) is 4.74 Å². The van der Waals surface area contributed by atoms with Gasteiger partial charge in [0, 0.05) is 0 Å². The zero-order valence-corrected chi connectivity index (χ0v) is 9.18. The topological polar surface area (TPSA) is 48.4 Å². The number of halogens is 2. The fourth-order valence-corrected chi connectivity index (χ4v) is 1.32. The van der Waals surface area contributed by atoms with E-state index in [1.165, 1.54) is 21.1 Å². The van der Waals surface area contributed by atoms with Crippen molar-refractivity contribution in [2.45, 2.75) is 6.92 Å². The fraction of sp³-hybridized carbons (Fsp3) is 0.333. The summed E-state index contributed by atoms with van der Waals surface area (Å²) in [6.45, 7) is 1.40. The molecule has 0 spiro atoms. The van der Waals surface area contributed by atoms with Crippen molar-refractivity contribution < 1.29 is 18.7 Å². The Morgan fingerprint density at radius 3 is 2.53 bits per heavy atom. The van der Waals surface area contributed by atoms with E-state index in [1.807, 2.05) is 0 Å². The summed E-state index contributed by atoms with van der Waals surface area (Å²) >= 11 is 5.73. The van der Waals surface area contributed by atoms with Crippen LogP contribution in [0.3, 0.4) is 0 Å². The molecule has 1 aromatic rings. The summed E-state index contributed by atoms with van der Waals surface area (Å²) in [7, 11) is 2.44. The second-order valence-corrected chi connectivity index (χ2v) is 3.08. The minimum absolute atomic E-state index is 0.0247. The molecule has 0 aliphatic heterocycles. The molecule has 0 aliphatic rings. The Morgan fingerprint density at radius 2 is 2.07 bits per heavy atom. The zero-order chi connectivity index (χ0) is 11.6. The predicted octanol–water partition coefficient (Wildman–Crippen LogP) is 1.98. The van der Waals surface area contributed by atoms with Gasteiger partial charge >= 0.3 is 5.97 Å². The molecule has 0 aromatic carbocycles. The number of hydrogen-bond acceptors (Lipinski definition) is 4. The molecule has 15 heavy (non-hydrogen) atoms. The van der Waals surface area contributed by atoms with Gasteiger partial charge in [-0.15, -0.1) is 0 Å². The Bertz CT molecular complexity index is 409. The first kappa shape index (κ1) is 11.7. The van der Waals surface area contributed by atoms with Gasteiger partial charge in [0.2, 0.25) is 0 Å². The summed E-state index contributed by atoms with van der Waals surface area (Å²) in [6.07, 6.45) is 0. The van der Waals surface area contributed by atoms with Crippen molar-refractivity contribution in [3.8, 4) is 5.75 Å². The molecule has 1 heterocycles. The highest BCUT2D eigenvalue weighted by atomic mass is 35.5. The molecule has 0 fully saturated rings. The van der Waals surface area contributed by atoms with Gasteiger partial charge in [-0.25, -0.2) is 14.2 Å². The average Bonchev–Trinajstić information content (AvgIpc) is 2.23. The maximum Gasteiger partial charge on any atom is 0.358 e. The van der Waals surface area contributed by atoms with Crippen molar-refractivity contribution >= 4 is 17.6 Å². The average molecular weight is 234 g/mol. The zero-order valence-electron chi connectivity index (χ0n) is 8.43. The number of methoxy groups -OCH3 is 2. The third kappa shape index (κ3) is 2.02. The van der Waals surface area contributed by atoms with Gasteiger partial charge in [-0.3, -0.25) is 0 Å². The molecule has 0 unspecified atom stereocenters. The van der Waals surface area contributed by atoms with E-state index >= 15 is 0 Å². The molecule has 0 N–H and O–H groups in total. The minimum Gasteiger partial charge on any atom is -0.492 e. The molecular weight excluding hydrogens is 225 g/mol. The van der Waals surface area contributed by atoms with E-state index in [9.17, 15) is 9.18 Å². The number of aryl methyl sites for hydroxylation is 1. The number of hydrogen-bond donors (Lipinski definition) is 0. The van der Waals surface area contributed by atoms with Crippen molar-refractivity contribution in [2.75, 3.05) is 14.2 Å². The van der Waals surface area contributed by atoms with Crippen LogP contribution in [-0.4, -0.2) is 25.2 Å². The highest BCUT2D eigenvalue weighted by Gasteiger charge is 2.22. The van der Waals surface area contributed by atoms with E-state index < -0.39 is 11.8 Å². The monoisotopic (exact) mass is 233 g/mol. The molecule has 0 saturated carbocycles. The van der Waals surface area contributed by atoms with E-state index in [2.05, 4.69) is 9.72 Å². The first-order valence-electron chi connectivity index (χ1n) is 4.00. The maximum absolute atomic E-state index is 13.4. The fourth-order valence-electron chi connectivity index (χ4n) is 1.05. The van der Waals surface area contributed by atoms with Crippen LogP contribution in [0.1, 0.15) is 16.2 Å². The summed E-state index contributed by atoms with van der Waals surface area (Å²) in [6, 6.07) is 0.